The Morgan fingerprint density at radius 2 is 2.08 bits per heavy atom. The van der Waals surface area contributed by atoms with Gasteiger partial charge in [0, 0.05) is 33.2 Å². The topological polar surface area (TPSA) is 71.5 Å². The maximum Gasteiger partial charge on any atom is 0.265 e. The third-order valence-electron chi connectivity index (χ3n) is 5.41. The number of amides is 2. The van der Waals surface area contributed by atoms with Crippen LogP contribution in [0.4, 0.5) is 0 Å². The van der Waals surface area contributed by atoms with Crippen LogP contribution in [0.15, 0.2) is 0 Å². The summed E-state index contributed by atoms with van der Waals surface area (Å²) in [5.74, 6) is 0.573. The normalized spacial score (nSPS) is 22.8. The van der Waals surface area contributed by atoms with Crippen LogP contribution in [0.2, 0.25) is 0 Å². The minimum atomic E-state index is -0.160. The lowest BCUT2D eigenvalue weighted by molar-refractivity contribution is -0.133. The van der Waals surface area contributed by atoms with Crippen LogP contribution in [0.5, 0.6) is 0 Å². The lowest BCUT2D eigenvalue weighted by Crippen LogP contribution is -2.51. The van der Waals surface area contributed by atoms with Crippen molar-refractivity contribution in [3.63, 3.8) is 0 Å². The summed E-state index contributed by atoms with van der Waals surface area (Å²) in [6, 6.07) is 0. The quantitative estimate of drug-likeness (QED) is 0.892. The van der Waals surface area contributed by atoms with Crippen LogP contribution in [0.25, 0.3) is 0 Å². The molecular formula is C18H27N3O3S. The number of piperidine rings is 1. The van der Waals surface area contributed by atoms with Gasteiger partial charge in [-0.1, -0.05) is 0 Å². The molecule has 0 bridgehead atoms. The minimum absolute atomic E-state index is 0.0932. The monoisotopic (exact) mass is 365 g/mol. The third kappa shape index (κ3) is 4.03. The van der Waals surface area contributed by atoms with E-state index in [1.165, 1.54) is 11.3 Å². The molecule has 1 atom stereocenters. The zero-order valence-electron chi connectivity index (χ0n) is 15.3. The smallest absolute Gasteiger partial charge is 0.265 e. The molecule has 1 aromatic heterocycles. The summed E-state index contributed by atoms with van der Waals surface area (Å²) in [5, 5.41) is 3.65. The highest BCUT2D eigenvalue weighted by atomic mass is 32.1. The van der Waals surface area contributed by atoms with Gasteiger partial charge in [-0.25, -0.2) is 4.98 Å². The summed E-state index contributed by atoms with van der Waals surface area (Å²) < 4.78 is 6.13. The van der Waals surface area contributed by atoms with Crippen LogP contribution in [0.1, 0.15) is 52.5 Å². The predicted molar refractivity (Wildman–Crippen MR) is 96.8 cm³/mol. The zero-order valence-corrected chi connectivity index (χ0v) is 16.1. The molecule has 0 aliphatic carbocycles. The first-order chi connectivity index (χ1) is 11.9. The molecule has 2 aliphatic rings. The number of nitrogens with one attached hydrogen (secondary N) is 1. The Bertz CT molecular complexity index is 650. The van der Waals surface area contributed by atoms with Gasteiger partial charge in [0.1, 0.15) is 4.88 Å². The first-order valence-electron chi connectivity index (χ1n) is 9.00. The molecule has 3 rings (SSSR count). The number of hydrogen-bond acceptors (Lipinski definition) is 5. The molecule has 2 fully saturated rings. The molecule has 1 aromatic rings. The van der Waals surface area contributed by atoms with Crippen molar-refractivity contribution in [2.75, 3.05) is 26.7 Å². The molecule has 2 amide bonds. The highest BCUT2D eigenvalue weighted by Gasteiger charge is 2.41. The second-order valence-corrected chi connectivity index (χ2v) is 8.41. The fraction of sp³-hybridized carbons (Fsp3) is 0.722. The van der Waals surface area contributed by atoms with E-state index in [9.17, 15) is 9.59 Å². The van der Waals surface area contributed by atoms with Crippen LogP contribution in [0.3, 0.4) is 0 Å². The number of likely N-dealkylation sites (tertiary alicyclic amines) is 1. The zero-order chi connectivity index (χ0) is 18.0. The van der Waals surface area contributed by atoms with Crippen molar-refractivity contribution in [1.82, 2.24) is 15.2 Å². The van der Waals surface area contributed by atoms with Gasteiger partial charge < -0.3 is 15.0 Å². The van der Waals surface area contributed by atoms with E-state index >= 15 is 0 Å². The van der Waals surface area contributed by atoms with Crippen molar-refractivity contribution in [3.8, 4) is 0 Å². The summed E-state index contributed by atoms with van der Waals surface area (Å²) in [6.07, 6.45) is 4.13. The standard InChI is InChI=1S/C18H27N3O3S/c1-12-16(25-13(2)20-12)17(23)21-7-5-18(6-8-21)11-14(4-9-24-18)10-15(22)19-3/h14H,4-11H2,1-3H3,(H,19,22). The van der Waals surface area contributed by atoms with E-state index in [2.05, 4.69) is 10.3 Å². The number of carbonyl (C=O) groups is 2. The first-order valence-corrected chi connectivity index (χ1v) is 9.82. The fourth-order valence-electron chi connectivity index (χ4n) is 4.01. The molecule has 1 unspecified atom stereocenters. The van der Waals surface area contributed by atoms with Gasteiger partial charge in [-0.3, -0.25) is 9.59 Å². The first kappa shape index (κ1) is 18.3. The van der Waals surface area contributed by atoms with Gasteiger partial charge in [-0.2, -0.15) is 0 Å². The average Bonchev–Trinajstić information content (AvgIpc) is 2.93. The summed E-state index contributed by atoms with van der Waals surface area (Å²) >= 11 is 1.47. The molecule has 25 heavy (non-hydrogen) atoms. The van der Waals surface area contributed by atoms with E-state index in [1.54, 1.807) is 7.05 Å². The molecule has 0 aromatic carbocycles. The Balaban J connectivity index is 1.60. The second-order valence-electron chi connectivity index (χ2n) is 7.21. The lowest BCUT2D eigenvalue weighted by Gasteiger charge is -2.46. The Hall–Kier alpha value is -1.47. The molecule has 0 radical (unpaired) electrons. The molecule has 2 saturated heterocycles. The molecule has 138 valence electrons. The van der Waals surface area contributed by atoms with Crippen LogP contribution < -0.4 is 5.32 Å². The molecule has 3 heterocycles. The Morgan fingerprint density at radius 1 is 1.36 bits per heavy atom. The Morgan fingerprint density at radius 3 is 2.68 bits per heavy atom. The minimum Gasteiger partial charge on any atom is -0.375 e. The average molecular weight is 365 g/mol. The summed E-state index contributed by atoms with van der Waals surface area (Å²) in [6.45, 7) is 5.96. The molecule has 1 spiro atoms. The number of carbonyl (C=O) groups excluding carboxylic acids is 2. The SMILES string of the molecule is CNC(=O)CC1CCOC2(CCN(C(=O)c3sc(C)nc3C)CC2)C1. The second kappa shape index (κ2) is 7.41. The number of thiazole rings is 1. The summed E-state index contributed by atoms with van der Waals surface area (Å²) in [7, 11) is 1.69. The van der Waals surface area contributed by atoms with Gasteiger partial charge in [0.15, 0.2) is 0 Å². The van der Waals surface area contributed by atoms with E-state index in [1.807, 2.05) is 18.7 Å². The van der Waals surface area contributed by atoms with E-state index in [0.29, 0.717) is 32.0 Å². The van der Waals surface area contributed by atoms with Gasteiger partial charge in [0.05, 0.1) is 16.3 Å². The fourth-order valence-corrected chi connectivity index (χ4v) is 4.89. The van der Waals surface area contributed by atoms with Gasteiger partial charge in [0.25, 0.3) is 5.91 Å². The number of nitrogens with zero attached hydrogens (tertiary/aromatic N) is 2. The van der Waals surface area contributed by atoms with Crippen molar-refractivity contribution in [2.45, 2.75) is 51.6 Å². The number of ether oxygens (including phenoxy) is 1. The molecule has 7 heteroatoms. The van der Waals surface area contributed by atoms with Gasteiger partial charge >= 0.3 is 0 Å². The number of aromatic nitrogens is 1. The lowest BCUT2D eigenvalue weighted by atomic mass is 9.78. The molecule has 0 saturated carbocycles. The number of rotatable bonds is 3. The van der Waals surface area contributed by atoms with Crippen LogP contribution >= 0.6 is 11.3 Å². The third-order valence-corrected chi connectivity index (χ3v) is 6.47. The van der Waals surface area contributed by atoms with Gasteiger partial charge in [-0.05, 0) is 45.4 Å². The number of hydrogen-bond donors (Lipinski definition) is 1. The Kier molecular flexibility index (Phi) is 5.43. The molecule has 6 nitrogen and oxygen atoms in total. The Labute approximate surface area is 153 Å². The van der Waals surface area contributed by atoms with E-state index in [0.717, 1.165) is 41.3 Å². The largest absolute Gasteiger partial charge is 0.375 e. The van der Waals surface area contributed by atoms with Crippen molar-refractivity contribution in [1.29, 1.82) is 0 Å². The van der Waals surface area contributed by atoms with Crippen molar-refractivity contribution in [3.05, 3.63) is 15.6 Å². The van der Waals surface area contributed by atoms with Gasteiger partial charge in [-0.15, -0.1) is 11.3 Å². The molecule has 1 N–H and O–H groups in total. The maximum absolute atomic E-state index is 12.8. The molecular weight excluding hydrogens is 338 g/mol. The highest BCUT2D eigenvalue weighted by molar-refractivity contribution is 7.13. The maximum atomic E-state index is 12.8. The van der Waals surface area contributed by atoms with E-state index in [-0.39, 0.29) is 17.4 Å². The van der Waals surface area contributed by atoms with E-state index in [4.69, 9.17) is 4.74 Å². The summed E-state index contributed by atoms with van der Waals surface area (Å²) in [5.41, 5.74) is 0.666. The van der Waals surface area contributed by atoms with Crippen LogP contribution in [-0.2, 0) is 9.53 Å². The van der Waals surface area contributed by atoms with Crippen molar-refractivity contribution in [2.24, 2.45) is 5.92 Å². The van der Waals surface area contributed by atoms with Crippen molar-refractivity contribution < 1.29 is 14.3 Å². The van der Waals surface area contributed by atoms with E-state index < -0.39 is 0 Å². The summed E-state index contributed by atoms with van der Waals surface area (Å²) in [4.78, 5) is 31.5. The van der Waals surface area contributed by atoms with Gasteiger partial charge in [0.2, 0.25) is 5.91 Å². The predicted octanol–water partition coefficient (Wildman–Crippen LogP) is 2.30. The number of aryl methyl sites for hydroxylation is 2. The van der Waals surface area contributed by atoms with Crippen molar-refractivity contribution >= 4 is 23.2 Å². The van der Waals surface area contributed by atoms with Crippen LogP contribution in [-0.4, -0.2) is 54.0 Å². The highest BCUT2D eigenvalue weighted by Crippen LogP contribution is 2.39. The van der Waals surface area contributed by atoms with Crippen LogP contribution in [0, 0.1) is 19.8 Å². The molecule has 2 aliphatic heterocycles.